The van der Waals surface area contributed by atoms with Crippen LogP contribution < -0.4 is 0 Å². The average molecular weight is 268 g/mol. The lowest BCUT2D eigenvalue weighted by molar-refractivity contribution is 0.0858. The van der Waals surface area contributed by atoms with E-state index < -0.39 is 0 Å². The molecule has 0 saturated carbocycles. The molecule has 0 fully saturated rings. The van der Waals surface area contributed by atoms with Crippen molar-refractivity contribution in [2.75, 3.05) is 0 Å². The molecule has 1 aromatic heterocycles. The molecule has 3 rings (SSSR count). The normalized spacial score (nSPS) is 12.2. The lowest BCUT2D eigenvalue weighted by Gasteiger charge is -2.16. The predicted octanol–water partition coefficient (Wildman–Crippen LogP) is 5.28. The third kappa shape index (κ3) is 2.06. The first-order valence-corrected chi connectivity index (χ1v) is 7.24. The van der Waals surface area contributed by atoms with Crippen molar-refractivity contribution in [3.63, 3.8) is 0 Å². The average Bonchev–Trinajstić information content (AvgIpc) is 2.74. The highest BCUT2D eigenvalue weighted by Gasteiger charge is 2.23. The summed E-state index contributed by atoms with van der Waals surface area (Å²) < 4.78 is 2.52. The highest BCUT2D eigenvalue weighted by atomic mass is 32.1. The summed E-state index contributed by atoms with van der Waals surface area (Å²) in [6.07, 6.45) is 0. The fourth-order valence-electron chi connectivity index (χ4n) is 2.30. The van der Waals surface area contributed by atoms with E-state index in [2.05, 4.69) is 24.3 Å². The molecular weight excluding hydrogens is 252 g/mol. The first-order chi connectivity index (χ1) is 8.97. The summed E-state index contributed by atoms with van der Waals surface area (Å²) in [5.41, 5.74) is 0.475. The van der Waals surface area contributed by atoms with Crippen molar-refractivity contribution in [1.82, 2.24) is 0 Å². The van der Waals surface area contributed by atoms with Crippen LogP contribution in [0.2, 0.25) is 0 Å². The second kappa shape index (κ2) is 4.17. The summed E-state index contributed by atoms with van der Waals surface area (Å²) in [7, 11) is 0. The quantitative estimate of drug-likeness (QED) is 0.548. The number of rotatable bonds is 1. The Hall–Kier alpha value is -1.67. The van der Waals surface area contributed by atoms with E-state index in [9.17, 15) is 4.79 Å². The molecule has 96 valence electrons. The number of Topliss-reactive ketones (excluding diaryl/α,β-unsaturated/α-hetero) is 1. The van der Waals surface area contributed by atoms with Crippen LogP contribution >= 0.6 is 11.3 Å². The van der Waals surface area contributed by atoms with E-state index in [1.807, 2.05) is 39.0 Å². The molecule has 0 radical (unpaired) electrons. The Morgan fingerprint density at radius 3 is 2.37 bits per heavy atom. The summed E-state index contributed by atoms with van der Waals surface area (Å²) in [5, 5.41) is 2.43. The van der Waals surface area contributed by atoms with Gasteiger partial charge in [-0.25, -0.2) is 0 Å². The number of thiophene rings is 1. The zero-order chi connectivity index (χ0) is 13.6. The number of carbonyl (C=O) groups is 1. The molecule has 0 unspecified atom stereocenters. The molecule has 0 bridgehead atoms. The predicted molar refractivity (Wildman–Crippen MR) is 83.1 cm³/mol. The molecule has 0 N–H and O–H groups in total. The Balaban J connectivity index is 2.25. The Morgan fingerprint density at radius 1 is 0.947 bits per heavy atom. The minimum Gasteiger partial charge on any atom is -0.294 e. The van der Waals surface area contributed by atoms with Gasteiger partial charge in [0.15, 0.2) is 5.78 Å². The van der Waals surface area contributed by atoms with Gasteiger partial charge in [0.1, 0.15) is 0 Å². The SMILES string of the molecule is CC(C)(C)C(=O)c1ccc2sc3ccccc3c2c1. The molecule has 0 saturated heterocycles. The van der Waals surface area contributed by atoms with Gasteiger partial charge in [-0.15, -0.1) is 11.3 Å². The van der Waals surface area contributed by atoms with Gasteiger partial charge in [0.25, 0.3) is 0 Å². The zero-order valence-electron chi connectivity index (χ0n) is 11.4. The zero-order valence-corrected chi connectivity index (χ0v) is 12.2. The second-order valence-corrected chi connectivity index (χ2v) is 6.97. The van der Waals surface area contributed by atoms with Gasteiger partial charge in [-0.3, -0.25) is 4.79 Å². The van der Waals surface area contributed by atoms with Gasteiger partial charge in [-0.1, -0.05) is 39.0 Å². The van der Waals surface area contributed by atoms with Gasteiger partial charge >= 0.3 is 0 Å². The first kappa shape index (κ1) is 12.4. The smallest absolute Gasteiger partial charge is 0.168 e. The summed E-state index contributed by atoms with van der Waals surface area (Å²) in [6.45, 7) is 5.89. The summed E-state index contributed by atoms with van der Waals surface area (Å²) in [5.74, 6) is 0.199. The van der Waals surface area contributed by atoms with Crippen molar-refractivity contribution in [3.05, 3.63) is 48.0 Å². The van der Waals surface area contributed by atoms with E-state index in [4.69, 9.17) is 0 Å². The minimum absolute atomic E-state index is 0.199. The van der Waals surface area contributed by atoms with Crippen molar-refractivity contribution in [2.24, 2.45) is 5.41 Å². The number of benzene rings is 2. The molecule has 0 atom stereocenters. The van der Waals surface area contributed by atoms with Crippen LogP contribution in [0.5, 0.6) is 0 Å². The molecule has 0 aliphatic rings. The van der Waals surface area contributed by atoms with Crippen LogP contribution in [0, 0.1) is 5.41 Å². The molecule has 1 nitrogen and oxygen atoms in total. The molecule has 2 aromatic carbocycles. The summed E-state index contributed by atoms with van der Waals surface area (Å²) in [4.78, 5) is 12.4. The Kier molecular flexibility index (Phi) is 2.72. The fraction of sp³-hybridized carbons (Fsp3) is 0.235. The Labute approximate surface area is 116 Å². The van der Waals surface area contributed by atoms with E-state index in [0.29, 0.717) is 0 Å². The molecule has 1 heterocycles. The van der Waals surface area contributed by atoms with Gasteiger partial charge in [0.05, 0.1) is 0 Å². The maximum absolute atomic E-state index is 12.4. The van der Waals surface area contributed by atoms with E-state index in [1.54, 1.807) is 11.3 Å². The van der Waals surface area contributed by atoms with Crippen molar-refractivity contribution < 1.29 is 4.79 Å². The van der Waals surface area contributed by atoms with E-state index in [0.717, 1.165) is 5.56 Å². The van der Waals surface area contributed by atoms with Crippen LogP contribution in [0.1, 0.15) is 31.1 Å². The maximum Gasteiger partial charge on any atom is 0.168 e. The molecule has 0 aliphatic heterocycles. The van der Waals surface area contributed by atoms with Crippen LogP contribution in [0.15, 0.2) is 42.5 Å². The molecule has 2 heteroatoms. The lowest BCUT2D eigenvalue weighted by Crippen LogP contribution is -2.19. The minimum atomic E-state index is -0.334. The van der Waals surface area contributed by atoms with Gasteiger partial charge < -0.3 is 0 Å². The summed E-state index contributed by atoms with van der Waals surface area (Å²) in [6, 6.07) is 14.4. The maximum atomic E-state index is 12.4. The van der Waals surface area contributed by atoms with Crippen molar-refractivity contribution in [1.29, 1.82) is 0 Å². The number of ketones is 1. The third-order valence-electron chi connectivity index (χ3n) is 3.32. The molecular formula is C17H16OS. The Bertz CT molecular complexity index is 775. The van der Waals surface area contributed by atoms with Crippen LogP contribution in [0.25, 0.3) is 20.2 Å². The molecule has 0 spiro atoms. The highest BCUT2D eigenvalue weighted by molar-refractivity contribution is 7.25. The van der Waals surface area contributed by atoms with Gasteiger partial charge in [-0.2, -0.15) is 0 Å². The molecule has 0 amide bonds. The lowest BCUT2D eigenvalue weighted by atomic mass is 9.86. The first-order valence-electron chi connectivity index (χ1n) is 6.43. The Morgan fingerprint density at radius 2 is 1.63 bits per heavy atom. The largest absolute Gasteiger partial charge is 0.294 e. The van der Waals surface area contributed by atoms with Crippen LogP contribution in [0.4, 0.5) is 0 Å². The standard InChI is InChI=1S/C17H16OS/c1-17(2,3)16(18)11-8-9-15-13(10-11)12-6-4-5-7-14(12)19-15/h4-10H,1-3H3. The topological polar surface area (TPSA) is 17.1 Å². The van der Waals surface area contributed by atoms with Crippen molar-refractivity contribution in [2.45, 2.75) is 20.8 Å². The second-order valence-electron chi connectivity index (χ2n) is 5.89. The highest BCUT2D eigenvalue weighted by Crippen LogP contribution is 2.35. The molecule has 19 heavy (non-hydrogen) atoms. The fourth-order valence-corrected chi connectivity index (χ4v) is 3.39. The van der Waals surface area contributed by atoms with E-state index in [-0.39, 0.29) is 11.2 Å². The van der Waals surface area contributed by atoms with Crippen LogP contribution in [0.3, 0.4) is 0 Å². The van der Waals surface area contributed by atoms with Crippen molar-refractivity contribution >= 4 is 37.3 Å². The van der Waals surface area contributed by atoms with E-state index in [1.165, 1.54) is 20.2 Å². The van der Waals surface area contributed by atoms with Crippen LogP contribution in [-0.4, -0.2) is 5.78 Å². The number of fused-ring (bicyclic) bond motifs is 3. The third-order valence-corrected chi connectivity index (χ3v) is 4.47. The molecule has 0 aliphatic carbocycles. The number of carbonyl (C=O) groups excluding carboxylic acids is 1. The number of hydrogen-bond donors (Lipinski definition) is 0. The molecule has 3 aromatic rings. The van der Waals surface area contributed by atoms with Crippen molar-refractivity contribution in [3.8, 4) is 0 Å². The van der Waals surface area contributed by atoms with Gasteiger partial charge in [0, 0.05) is 31.2 Å². The van der Waals surface area contributed by atoms with Gasteiger partial charge in [0.2, 0.25) is 0 Å². The monoisotopic (exact) mass is 268 g/mol. The number of hydrogen-bond acceptors (Lipinski definition) is 2. The van der Waals surface area contributed by atoms with Gasteiger partial charge in [-0.05, 0) is 24.3 Å². The summed E-state index contributed by atoms with van der Waals surface area (Å²) >= 11 is 1.78. The van der Waals surface area contributed by atoms with Crippen LogP contribution in [-0.2, 0) is 0 Å². The van der Waals surface area contributed by atoms with E-state index >= 15 is 0 Å².